The Balaban J connectivity index is 0.000000359. The molecule has 1 aromatic rings. The molecule has 1 amide bonds. The summed E-state index contributed by atoms with van der Waals surface area (Å²) in [5.41, 5.74) is 1.53. The van der Waals surface area contributed by atoms with Gasteiger partial charge in [0.2, 0.25) is 5.91 Å². The van der Waals surface area contributed by atoms with Crippen molar-refractivity contribution in [1.82, 2.24) is 5.32 Å². The highest BCUT2D eigenvalue weighted by molar-refractivity contribution is 7.86. The molecule has 0 aliphatic heterocycles. The van der Waals surface area contributed by atoms with Gasteiger partial charge in [-0.1, -0.05) is 49.6 Å². The van der Waals surface area contributed by atoms with Crippen LogP contribution in [0.3, 0.4) is 0 Å². The van der Waals surface area contributed by atoms with Crippen molar-refractivity contribution >= 4 is 16.0 Å². The summed E-state index contributed by atoms with van der Waals surface area (Å²) in [4.78, 5) is 12.0. The number of amides is 1. The summed E-state index contributed by atoms with van der Waals surface area (Å²) in [5, 5.41) is 3.07. The van der Waals surface area contributed by atoms with E-state index < -0.39 is 21.7 Å². The highest BCUT2D eigenvalue weighted by Crippen LogP contribution is 2.20. The van der Waals surface area contributed by atoms with E-state index in [2.05, 4.69) is 5.32 Å². The average molecular weight is 396 g/mol. The summed E-state index contributed by atoms with van der Waals surface area (Å²) in [7, 11) is -5.84. The molecule has 1 aromatic carbocycles. The highest BCUT2D eigenvalue weighted by atomic mass is 32.2. The zero-order valence-corrected chi connectivity index (χ0v) is 14.9. The monoisotopic (exact) mass is 396 g/mol. The van der Waals surface area contributed by atoms with Gasteiger partial charge in [-0.3, -0.25) is 9.35 Å². The SMILES string of the molecule is N[C@@H](Cc1ccccc1)C(=O)NC1CCCCC1.O=S(=O)(O)C(F)(F)F. The molecule has 26 heavy (non-hydrogen) atoms. The first-order valence-electron chi connectivity index (χ1n) is 8.14. The normalized spacial score (nSPS) is 17.0. The second-order valence-electron chi connectivity index (χ2n) is 6.06. The highest BCUT2D eigenvalue weighted by Gasteiger charge is 2.44. The molecular formula is C16H23F3N2O4S. The van der Waals surface area contributed by atoms with Gasteiger partial charge < -0.3 is 11.1 Å². The van der Waals surface area contributed by atoms with Crippen LogP contribution >= 0.6 is 0 Å². The van der Waals surface area contributed by atoms with Gasteiger partial charge in [0.25, 0.3) is 0 Å². The van der Waals surface area contributed by atoms with E-state index in [1.807, 2.05) is 30.3 Å². The molecular weight excluding hydrogens is 373 g/mol. The van der Waals surface area contributed by atoms with Crippen LogP contribution in [0.1, 0.15) is 37.7 Å². The quantitative estimate of drug-likeness (QED) is 0.535. The Hall–Kier alpha value is -1.65. The van der Waals surface area contributed by atoms with Gasteiger partial charge in [0.1, 0.15) is 0 Å². The first-order chi connectivity index (χ1) is 12.0. The molecule has 148 valence electrons. The molecule has 0 saturated heterocycles. The molecule has 1 fully saturated rings. The van der Waals surface area contributed by atoms with E-state index in [0.29, 0.717) is 12.5 Å². The Bertz CT molecular complexity index is 660. The van der Waals surface area contributed by atoms with E-state index in [0.717, 1.165) is 18.4 Å². The van der Waals surface area contributed by atoms with Crippen molar-refractivity contribution in [3.05, 3.63) is 35.9 Å². The zero-order chi connectivity index (χ0) is 19.8. The minimum Gasteiger partial charge on any atom is -0.352 e. The molecule has 2 rings (SSSR count). The van der Waals surface area contributed by atoms with E-state index in [9.17, 15) is 18.0 Å². The molecule has 0 heterocycles. The minimum absolute atomic E-state index is 0.00856. The van der Waals surface area contributed by atoms with Crippen LogP contribution in [0.4, 0.5) is 13.2 Å². The molecule has 0 aromatic heterocycles. The van der Waals surface area contributed by atoms with E-state index in [4.69, 9.17) is 18.7 Å². The Morgan fingerprint density at radius 1 is 1.19 bits per heavy atom. The number of rotatable bonds is 4. The van der Waals surface area contributed by atoms with Gasteiger partial charge in [-0.05, 0) is 24.8 Å². The number of carbonyl (C=O) groups is 1. The second kappa shape index (κ2) is 9.89. The van der Waals surface area contributed by atoms with Crippen LogP contribution in [-0.4, -0.2) is 36.5 Å². The van der Waals surface area contributed by atoms with Crippen molar-refractivity contribution in [3.63, 3.8) is 0 Å². The van der Waals surface area contributed by atoms with Gasteiger partial charge in [-0.15, -0.1) is 0 Å². The fourth-order valence-electron chi connectivity index (χ4n) is 2.52. The van der Waals surface area contributed by atoms with Gasteiger partial charge in [0.05, 0.1) is 6.04 Å². The molecule has 0 bridgehead atoms. The number of nitrogens with one attached hydrogen (secondary N) is 1. The summed E-state index contributed by atoms with van der Waals surface area (Å²) in [6.07, 6.45) is 6.55. The number of halogens is 3. The third-order valence-corrected chi connectivity index (χ3v) is 4.46. The fraction of sp³-hybridized carbons (Fsp3) is 0.562. The van der Waals surface area contributed by atoms with Crippen molar-refractivity contribution in [3.8, 4) is 0 Å². The number of nitrogens with two attached hydrogens (primary N) is 1. The zero-order valence-electron chi connectivity index (χ0n) is 14.1. The molecule has 1 saturated carbocycles. The lowest BCUT2D eigenvalue weighted by Gasteiger charge is -2.24. The minimum atomic E-state index is -5.84. The van der Waals surface area contributed by atoms with Gasteiger partial charge in [0.15, 0.2) is 0 Å². The smallest absolute Gasteiger partial charge is 0.352 e. The van der Waals surface area contributed by atoms with Crippen LogP contribution in [0.2, 0.25) is 0 Å². The van der Waals surface area contributed by atoms with E-state index in [1.54, 1.807) is 0 Å². The van der Waals surface area contributed by atoms with Crippen LogP contribution in [0.15, 0.2) is 30.3 Å². The lowest BCUT2D eigenvalue weighted by atomic mass is 9.95. The van der Waals surface area contributed by atoms with Gasteiger partial charge >= 0.3 is 15.6 Å². The number of carbonyl (C=O) groups excluding carboxylic acids is 1. The number of benzene rings is 1. The topological polar surface area (TPSA) is 109 Å². The molecule has 0 spiro atoms. The second-order valence-corrected chi connectivity index (χ2v) is 7.47. The van der Waals surface area contributed by atoms with Crippen LogP contribution in [0.25, 0.3) is 0 Å². The van der Waals surface area contributed by atoms with Crippen molar-refractivity contribution in [2.45, 2.75) is 56.1 Å². The van der Waals surface area contributed by atoms with Crippen LogP contribution in [0, 0.1) is 0 Å². The molecule has 6 nitrogen and oxygen atoms in total. The molecule has 1 atom stereocenters. The molecule has 4 N–H and O–H groups in total. The third-order valence-electron chi connectivity index (χ3n) is 3.88. The first kappa shape index (κ1) is 22.4. The van der Waals surface area contributed by atoms with Crippen molar-refractivity contribution in [2.24, 2.45) is 5.73 Å². The maximum atomic E-state index is 12.0. The number of hydrogen-bond acceptors (Lipinski definition) is 4. The Kier molecular flexibility index (Phi) is 8.51. The first-order valence-corrected chi connectivity index (χ1v) is 9.58. The van der Waals surface area contributed by atoms with Crippen LogP contribution in [0.5, 0.6) is 0 Å². The van der Waals surface area contributed by atoms with E-state index in [-0.39, 0.29) is 5.91 Å². The van der Waals surface area contributed by atoms with Crippen molar-refractivity contribution < 1.29 is 30.9 Å². The average Bonchev–Trinajstić information content (AvgIpc) is 2.55. The molecule has 0 unspecified atom stereocenters. The molecule has 1 aliphatic carbocycles. The van der Waals surface area contributed by atoms with Crippen LogP contribution in [-0.2, 0) is 21.3 Å². The number of alkyl halides is 3. The Labute approximate surface area is 150 Å². The maximum Gasteiger partial charge on any atom is 0.522 e. The summed E-state index contributed by atoms with van der Waals surface area (Å²) in [5.74, 6) is -0.00856. The maximum absolute atomic E-state index is 12.0. The van der Waals surface area contributed by atoms with Gasteiger partial charge in [-0.2, -0.15) is 21.6 Å². The molecule has 1 aliphatic rings. The summed E-state index contributed by atoms with van der Waals surface area (Å²) in [6.45, 7) is 0. The summed E-state index contributed by atoms with van der Waals surface area (Å²) >= 11 is 0. The van der Waals surface area contributed by atoms with Gasteiger partial charge in [-0.25, -0.2) is 0 Å². The predicted molar refractivity (Wildman–Crippen MR) is 90.7 cm³/mol. The van der Waals surface area contributed by atoms with Crippen molar-refractivity contribution in [2.75, 3.05) is 0 Å². The summed E-state index contributed by atoms with van der Waals surface area (Å²) < 4.78 is 57.5. The Morgan fingerprint density at radius 2 is 1.69 bits per heavy atom. The Morgan fingerprint density at radius 3 is 2.15 bits per heavy atom. The van der Waals surface area contributed by atoms with Gasteiger partial charge in [0, 0.05) is 6.04 Å². The van der Waals surface area contributed by atoms with E-state index in [1.165, 1.54) is 19.3 Å². The van der Waals surface area contributed by atoms with Crippen molar-refractivity contribution in [1.29, 1.82) is 0 Å². The summed E-state index contributed by atoms with van der Waals surface area (Å²) in [6, 6.07) is 9.84. The number of hydrogen-bond donors (Lipinski definition) is 3. The lowest BCUT2D eigenvalue weighted by molar-refractivity contribution is -0.123. The lowest BCUT2D eigenvalue weighted by Crippen LogP contribution is -2.46. The standard InChI is InChI=1S/C15H22N2O.CHF3O3S/c16-14(11-12-7-3-1-4-8-12)15(18)17-13-9-5-2-6-10-13;2-1(3,4)8(5,6)7/h1,3-4,7-8,13-14H,2,5-6,9-11,16H2,(H,17,18);(H,5,6,7)/t14-;/m0./s1. The molecule has 10 heteroatoms. The largest absolute Gasteiger partial charge is 0.522 e. The van der Waals surface area contributed by atoms with Crippen LogP contribution < -0.4 is 11.1 Å². The predicted octanol–water partition coefficient (Wildman–Crippen LogP) is 2.40. The third kappa shape index (κ3) is 8.15. The molecule has 0 radical (unpaired) electrons. The van der Waals surface area contributed by atoms with E-state index >= 15 is 0 Å². The fourth-order valence-corrected chi connectivity index (χ4v) is 2.52.